The van der Waals surface area contributed by atoms with Gasteiger partial charge in [0.25, 0.3) is 0 Å². The van der Waals surface area contributed by atoms with Gasteiger partial charge in [0.15, 0.2) is 0 Å². The van der Waals surface area contributed by atoms with E-state index in [9.17, 15) is 8.42 Å². The molecule has 0 aliphatic carbocycles. The summed E-state index contributed by atoms with van der Waals surface area (Å²) >= 11 is 0. The lowest BCUT2D eigenvalue weighted by Crippen LogP contribution is -1.96. The maximum atomic E-state index is 9.33. The molecule has 1 aromatic heterocycles. The van der Waals surface area contributed by atoms with Gasteiger partial charge >= 0.3 is 10.4 Å². The molecule has 0 bridgehead atoms. The van der Waals surface area contributed by atoms with E-state index >= 15 is 0 Å². The molecule has 16 heavy (non-hydrogen) atoms. The third-order valence-corrected chi connectivity index (χ3v) is 2.18. The Morgan fingerprint density at radius 2 is 1.75 bits per heavy atom. The number of fused-ring (bicyclic) bond motifs is 1. The van der Waals surface area contributed by atoms with Gasteiger partial charge in [0.1, 0.15) is 0 Å². The van der Waals surface area contributed by atoms with Crippen LogP contribution in [0.3, 0.4) is 0 Å². The first kappa shape index (κ1) is 12.6. The normalized spacial score (nSPS) is 10.6. The Labute approximate surface area is 93.7 Å². The maximum absolute atomic E-state index is 9.33. The summed E-state index contributed by atoms with van der Waals surface area (Å²) in [7, 11) is -3.29. The molecule has 0 aliphatic rings. The number of benzene rings is 1. The number of pyridine rings is 1. The summed E-state index contributed by atoms with van der Waals surface area (Å²) in [6, 6.07) is 10.2. The van der Waals surface area contributed by atoms with Gasteiger partial charge in [-0.1, -0.05) is 24.3 Å². The van der Waals surface area contributed by atoms with Gasteiger partial charge in [-0.3, -0.25) is 13.7 Å². The van der Waals surface area contributed by atoms with Gasteiger partial charge in [0, 0.05) is 12.4 Å². The fourth-order valence-electron chi connectivity index (χ4n) is 1.03. The van der Waals surface area contributed by atoms with Crippen molar-refractivity contribution in [3.8, 4) is 0 Å². The Morgan fingerprint density at radius 3 is 2.25 bits per heavy atom. The Balaban J connectivity index is 0.000000187. The van der Waals surface area contributed by atoms with Crippen LogP contribution in [-0.4, -0.2) is 25.1 Å². The van der Waals surface area contributed by atoms with Crippen molar-refractivity contribution in [3.63, 3.8) is 0 Å². The molecule has 0 atom stereocenters. The van der Waals surface area contributed by atoms with Crippen molar-refractivity contribution in [2.75, 3.05) is 7.11 Å². The van der Waals surface area contributed by atoms with E-state index in [2.05, 4.69) is 21.3 Å². The summed E-state index contributed by atoms with van der Waals surface area (Å²) in [5.41, 5.74) is 0. The fraction of sp³-hybridized carbons (Fsp3) is 0.100. The van der Waals surface area contributed by atoms with Crippen LogP contribution < -0.4 is 0 Å². The molecule has 86 valence electrons. The zero-order chi connectivity index (χ0) is 12.0. The van der Waals surface area contributed by atoms with E-state index in [4.69, 9.17) is 4.55 Å². The Morgan fingerprint density at radius 1 is 1.19 bits per heavy atom. The van der Waals surface area contributed by atoms with Crippen molar-refractivity contribution in [2.24, 2.45) is 0 Å². The molecule has 1 N–H and O–H groups in total. The lowest BCUT2D eigenvalue weighted by atomic mass is 10.2. The van der Waals surface area contributed by atoms with E-state index < -0.39 is 10.4 Å². The van der Waals surface area contributed by atoms with Crippen LogP contribution in [0.15, 0.2) is 42.7 Å². The molecule has 1 aromatic carbocycles. The zero-order valence-corrected chi connectivity index (χ0v) is 9.39. The molecule has 0 spiro atoms. The van der Waals surface area contributed by atoms with Crippen LogP contribution in [0.2, 0.25) is 0 Å². The highest BCUT2D eigenvalue weighted by molar-refractivity contribution is 7.80. The predicted molar refractivity (Wildman–Crippen MR) is 60.3 cm³/mol. The summed E-state index contributed by atoms with van der Waals surface area (Å²) in [5, 5.41) is 2.45. The minimum absolute atomic E-state index is 0.870. The van der Waals surface area contributed by atoms with E-state index in [0.29, 0.717) is 0 Å². The molecule has 5 nitrogen and oxygen atoms in total. The van der Waals surface area contributed by atoms with Crippen LogP contribution in [0.5, 0.6) is 0 Å². The second-order valence-corrected chi connectivity index (χ2v) is 4.01. The van der Waals surface area contributed by atoms with Crippen molar-refractivity contribution in [3.05, 3.63) is 42.7 Å². The molecule has 0 radical (unpaired) electrons. The Kier molecular flexibility index (Phi) is 4.36. The number of hydrogen-bond acceptors (Lipinski definition) is 4. The van der Waals surface area contributed by atoms with Crippen LogP contribution in [0.4, 0.5) is 0 Å². The molecule has 0 saturated carbocycles. The van der Waals surface area contributed by atoms with E-state index in [-0.39, 0.29) is 0 Å². The molecule has 2 rings (SSSR count). The van der Waals surface area contributed by atoms with Crippen LogP contribution in [0, 0.1) is 0 Å². The van der Waals surface area contributed by atoms with Gasteiger partial charge in [-0.25, -0.2) is 0 Å². The van der Waals surface area contributed by atoms with Gasteiger partial charge in [0.2, 0.25) is 0 Å². The average Bonchev–Trinajstić information content (AvgIpc) is 2.29. The quantitative estimate of drug-likeness (QED) is 0.768. The van der Waals surface area contributed by atoms with Gasteiger partial charge in [-0.05, 0) is 16.8 Å². The number of hydrogen-bond donors (Lipinski definition) is 1. The standard InChI is InChI=1S/C9H7N.CH4O4S/c1-2-4-9-7-10-6-5-8(9)3-1;1-5-6(2,3)4/h1-7H;1H3,(H,2,3,4). The van der Waals surface area contributed by atoms with Crippen LogP contribution >= 0.6 is 0 Å². The van der Waals surface area contributed by atoms with Crippen LogP contribution in [0.25, 0.3) is 10.8 Å². The smallest absolute Gasteiger partial charge is 0.264 e. The first-order valence-corrected chi connectivity index (χ1v) is 5.71. The average molecular weight is 241 g/mol. The van der Waals surface area contributed by atoms with Crippen molar-refractivity contribution in [1.29, 1.82) is 0 Å². The molecule has 6 heteroatoms. The third kappa shape index (κ3) is 4.35. The molecular formula is C10H11NO4S. The van der Waals surface area contributed by atoms with E-state index in [1.807, 2.05) is 30.6 Å². The predicted octanol–water partition coefficient (Wildman–Crippen LogP) is 1.67. The van der Waals surface area contributed by atoms with Gasteiger partial charge in [-0.2, -0.15) is 8.42 Å². The van der Waals surface area contributed by atoms with E-state index in [1.165, 1.54) is 10.8 Å². The van der Waals surface area contributed by atoms with Crippen molar-refractivity contribution in [1.82, 2.24) is 4.98 Å². The Bertz CT molecular complexity index is 488. The first-order chi connectivity index (χ1) is 7.53. The molecule has 1 heterocycles. The fourth-order valence-corrected chi connectivity index (χ4v) is 1.03. The summed E-state index contributed by atoms with van der Waals surface area (Å²) < 4.78 is 29.7. The largest absolute Gasteiger partial charge is 0.397 e. The number of aromatic nitrogens is 1. The van der Waals surface area contributed by atoms with Crippen LogP contribution in [0.1, 0.15) is 0 Å². The zero-order valence-electron chi connectivity index (χ0n) is 8.57. The van der Waals surface area contributed by atoms with Crippen molar-refractivity contribution >= 4 is 21.2 Å². The van der Waals surface area contributed by atoms with Crippen LogP contribution in [-0.2, 0) is 14.6 Å². The third-order valence-electron chi connectivity index (χ3n) is 1.76. The SMILES string of the molecule is COS(=O)(=O)O.c1ccc2cnccc2c1. The molecule has 0 amide bonds. The lowest BCUT2D eigenvalue weighted by Gasteiger charge is -1.91. The van der Waals surface area contributed by atoms with E-state index in [0.717, 1.165) is 7.11 Å². The monoisotopic (exact) mass is 241 g/mol. The molecule has 0 aliphatic heterocycles. The minimum atomic E-state index is -4.16. The van der Waals surface area contributed by atoms with Gasteiger partial charge < -0.3 is 0 Å². The maximum Gasteiger partial charge on any atom is 0.397 e. The summed E-state index contributed by atoms with van der Waals surface area (Å²) in [6.45, 7) is 0. The molecule has 0 saturated heterocycles. The van der Waals surface area contributed by atoms with Crippen molar-refractivity contribution < 1.29 is 17.2 Å². The highest BCUT2D eigenvalue weighted by atomic mass is 32.3. The Hall–Kier alpha value is -1.50. The number of nitrogens with zero attached hydrogens (tertiary/aromatic N) is 1. The van der Waals surface area contributed by atoms with E-state index in [1.54, 1.807) is 0 Å². The summed E-state index contributed by atoms with van der Waals surface area (Å²) in [5.74, 6) is 0. The molecule has 0 unspecified atom stereocenters. The van der Waals surface area contributed by atoms with Gasteiger partial charge in [0.05, 0.1) is 7.11 Å². The first-order valence-electron chi connectivity index (χ1n) is 4.35. The number of rotatable bonds is 1. The van der Waals surface area contributed by atoms with Gasteiger partial charge in [-0.15, -0.1) is 0 Å². The second kappa shape index (κ2) is 5.55. The minimum Gasteiger partial charge on any atom is -0.264 e. The summed E-state index contributed by atoms with van der Waals surface area (Å²) in [6.07, 6.45) is 3.68. The summed E-state index contributed by atoms with van der Waals surface area (Å²) in [4.78, 5) is 4.01. The topological polar surface area (TPSA) is 76.5 Å². The van der Waals surface area contributed by atoms with Crippen molar-refractivity contribution in [2.45, 2.75) is 0 Å². The molecular weight excluding hydrogens is 230 g/mol. The molecule has 2 aromatic rings. The molecule has 0 fully saturated rings. The highest BCUT2D eigenvalue weighted by Crippen LogP contribution is 2.09. The lowest BCUT2D eigenvalue weighted by molar-refractivity contribution is 0.324. The second-order valence-electron chi connectivity index (χ2n) is 2.82. The highest BCUT2D eigenvalue weighted by Gasteiger charge is 1.94.